The van der Waals surface area contributed by atoms with Gasteiger partial charge in [-0.15, -0.1) is 0 Å². The van der Waals surface area contributed by atoms with Crippen molar-refractivity contribution < 1.29 is 8.78 Å². The molecule has 17 heavy (non-hydrogen) atoms. The van der Waals surface area contributed by atoms with Crippen molar-refractivity contribution in [2.45, 2.75) is 19.9 Å². The molecule has 5 heteroatoms. The van der Waals surface area contributed by atoms with E-state index in [0.29, 0.717) is 11.5 Å². The number of nitrogens with two attached hydrogens (primary N) is 1. The van der Waals surface area contributed by atoms with Gasteiger partial charge in [-0.05, 0) is 18.6 Å². The summed E-state index contributed by atoms with van der Waals surface area (Å²) in [5.74, 6) is -0.867. The van der Waals surface area contributed by atoms with Crippen molar-refractivity contribution in [3.8, 4) is 11.3 Å². The molecule has 0 aliphatic carbocycles. The second-order valence-corrected chi connectivity index (χ2v) is 3.80. The minimum absolute atomic E-state index is 0.221. The molecular weight excluding hydrogens is 224 g/mol. The summed E-state index contributed by atoms with van der Waals surface area (Å²) >= 11 is 0. The van der Waals surface area contributed by atoms with E-state index in [1.807, 2.05) is 6.92 Å². The summed E-state index contributed by atoms with van der Waals surface area (Å²) < 4.78 is 28.1. The van der Waals surface area contributed by atoms with Crippen LogP contribution in [0.4, 0.5) is 14.6 Å². The van der Waals surface area contributed by atoms with Crippen molar-refractivity contribution in [2.75, 3.05) is 5.73 Å². The van der Waals surface area contributed by atoms with E-state index in [2.05, 4.69) is 4.98 Å². The van der Waals surface area contributed by atoms with Gasteiger partial charge in [0.25, 0.3) is 0 Å². The number of anilines is 1. The number of benzene rings is 1. The Kier molecular flexibility index (Phi) is 3.08. The molecule has 0 fully saturated rings. The quantitative estimate of drug-likeness (QED) is 0.892. The third kappa shape index (κ3) is 2.13. The third-order valence-corrected chi connectivity index (χ3v) is 2.53. The maximum Gasteiger partial charge on any atom is 0.135 e. The molecule has 0 saturated carbocycles. The highest BCUT2D eigenvalue weighted by molar-refractivity contribution is 5.70. The summed E-state index contributed by atoms with van der Waals surface area (Å²) in [5, 5.41) is 0. The van der Waals surface area contributed by atoms with Gasteiger partial charge in [0.2, 0.25) is 0 Å². The molecule has 3 nitrogen and oxygen atoms in total. The minimum Gasteiger partial charge on any atom is -0.383 e. The summed E-state index contributed by atoms with van der Waals surface area (Å²) in [6, 6.07) is 3.37. The lowest BCUT2D eigenvalue weighted by molar-refractivity contribution is 0.585. The summed E-state index contributed by atoms with van der Waals surface area (Å²) in [7, 11) is 0. The van der Waals surface area contributed by atoms with E-state index < -0.39 is 11.6 Å². The summed E-state index contributed by atoms with van der Waals surface area (Å²) in [4.78, 5) is 4.07. The van der Waals surface area contributed by atoms with E-state index in [9.17, 15) is 8.78 Å². The molecule has 1 aromatic heterocycles. The lowest BCUT2D eigenvalue weighted by Gasteiger charge is -2.04. The van der Waals surface area contributed by atoms with Gasteiger partial charge < -0.3 is 10.3 Å². The Morgan fingerprint density at radius 3 is 2.76 bits per heavy atom. The number of imidazole rings is 1. The predicted octanol–water partition coefficient (Wildman–Crippen LogP) is 2.82. The first kappa shape index (κ1) is 11.6. The monoisotopic (exact) mass is 237 g/mol. The molecule has 1 heterocycles. The van der Waals surface area contributed by atoms with Crippen molar-refractivity contribution in [1.82, 2.24) is 9.55 Å². The Morgan fingerprint density at radius 2 is 2.12 bits per heavy atom. The first-order valence-electron chi connectivity index (χ1n) is 5.39. The lowest BCUT2D eigenvalue weighted by atomic mass is 10.1. The van der Waals surface area contributed by atoms with Crippen molar-refractivity contribution in [1.29, 1.82) is 0 Å². The number of aryl methyl sites for hydroxylation is 1. The van der Waals surface area contributed by atoms with Gasteiger partial charge in [-0.1, -0.05) is 6.92 Å². The van der Waals surface area contributed by atoms with Crippen LogP contribution in [-0.4, -0.2) is 9.55 Å². The average molecular weight is 237 g/mol. The molecule has 2 aromatic rings. The van der Waals surface area contributed by atoms with Crippen molar-refractivity contribution in [2.24, 2.45) is 0 Å². The fourth-order valence-corrected chi connectivity index (χ4v) is 1.70. The van der Waals surface area contributed by atoms with E-state index in [-0.39, 0.29) is 5.56 Å². The van der Waals surface area contributed by atoms with E-state index in [4.69, 9.17) is 5.73 Å². The average Bonchev–Trinajstić information content (AvgIpc) is 2.62. The molecule has 0 bridgehead atoms. The van der Waals surface area contributed by atoms with Gasteiger partial charge in [0.05, 0.1) is 6.33 Å². The van der Waals surface area contributed by atoms with Crippen LogP contribution in [0.2, 0.25) is 0 Å². The number of aromatic nitrogens is 2. The zero-order valence-electron chi connectivity index (χ0n) is 9.45. The maximum atomic E-state index is 13.6. The number of halogens is 2. The Hall–Kier alpha value is -1.91. The Balaban J connectivity index is 2.46. The Bertz CT molecular complexity index is 535. The lowest BCUT2D eigenvalue weighted by Crippen LogP contribution is -2.01. The van der Waals surface area contributed by atoms with Gasteiger partial charge >= 0.3 is 0 Å². The molecule has 0 unspecified atom stereocenters. The molecule has 0 aliphatic heterocycles. The second-order valence-electron chi connectivity index (χ2n) is 3.80. The van der Waals surface area contributed by atoms with Crippen molar-refractivity contribution >= 4 is 5.82 Å². The number of hydrogen-bond acceptors (Lipinski definition) is 2. The van der Waals surface area contributed by atoms with Crippen molar-refractivity contribution in [3.63, 3.8) is 0 Å². The number of rotatable bonds is 3. The van der Waals surface area contributed by atoms with Gasteiger partial charge in [-0.3, -0.25) is 0 Å². The summed E-state index contributed by atoms with van der Waals surface area (Å²) in [5.41, 5.74) is 6.45. The van der Waals surface area contributed by atoms with Gasteiger partial charge in [-0.2, -0.15) is 0 Å². The fourth-order valence-electron chi connectivity index (χ4n) is 1.70. The van der Waals surface area contributed by atoms with Crippen LogP contribution in [-0.2, 0) is 6.54 Å². The molecule has 90 valence electrons. The molecule has 1 aromatic carbocycles. The number of nitrogens with zero attached hydrogens (tertiary/aromatic N) is 2. The maximum absolute atomic E-state index is 13.6. The molecule has 0 spiro atoms. The van der Waals surface area contributed by atoms with Crippen LogP contribution in [0.25, 0.3) is 11.3 Å². The standard InChI is InChI=1S/C12H13F2N3/c1-2-5-17-7-16-11(12(17)15)9-4-3-8(13)6-10(9)14/h3-4,6-7H,2,5,15H2,1H3. The van der Waals surface area contributed by atoms with Gasteiger partial charge in [0, 0.05) is 18.2 Å². The smallest absolute Gasteiger partial charge is 0.135 e. The fraction of sp³-hybridized carbons (Fsp3) is 0.250. The Morgan fingerprint density at radius 1 is 1.35 bits per heavy atom. The van der Waals surface area contributed by atoms with Crippen LogP contribution < -0.4 is 5.73 Å². The highest BCUT2D eigenvalue weighted by Gasteiger charge is 2.13. The van der Waals surface area contributed by atoms with Crippen LogP contribution >= 0.6 is 0 Å². The highest BCUT2D eigenvalue weighted by Crippen LogP contribution is 2.27. The molecule has 2 N–H and O–H groups in total. The van der Waals surface area contributed by atoms with Crippen LogP contribution in [0.5, 0.6) is 0 Å². The molecule has 0 amide bonds. The van der Waals surface area contributed by atoms with Crippen LogP contribution in [0.3, 0.4) is 0 Å². The first-order chi connectivity index (χ1) is 8.13. The first-order valence-corrected chi connectivity index (χ1v) is 5.39. The molecular formula is C12H13F2N3. The summed E-state index contributed by atoms with van der Waals surface area (Å²) in [6.07, 6.45) is 2.48. The Labute approximate surface area is 97.9 Å². The van der Waals surface area contributed by atoms with E-state index in [1.54, 1.807) is 10.9 Å². The van der Waals surface area contributed by atoms with E-state index >= 15 is 0 Å². The van der Waals surface area contributed by atoms with Crippen LogP contribution in [0.1, 0.15) is 13.3 Å². The molecule has 0 radical (unpaired) electrons. The van der Waals surface area contributed by atoms with E-state index in [0.717, 1.165) is 19.0 Å². The van der Waals surface area contributed by atoms with E-state index in [1.165, 1.54) is 12.1 Å². The molecule has 0 saturated heterocycles. The molecule has 2 rings (SSSR count). The normalized spacial score (nSPS) is 10.8. The predicted molar refractivity (Wildman–Crippen MR) is 62.3 cm³/mol. The minimum atomic E-state index is -0.654. The van der Waals surface area contributed by atoms with Gasteiger partial charge in [0.1, 0.15) is 23.1 Å². The van der Waals surface area contributed by atoms with Gasteiger partial charge in [0.15, 0.2) is 0 Å². The van der Waals surface area contributed by atoms with Gasteiger partial charge in [-0.25, -0.2) is 13.8 Å². The highest BCUT2D eigenvalue weighted by atomic mass is 19.1. The summed E-state index contributed by atoms with van der Waals surface area (Å²) in [6.45, 7) is 2.74. The molecule has 0 aliphatic rings. The van der Waals surface area contributed by atoms with Crippen LogP contribution in [0, 0.1) is 11.6 Å². The zero-order chi connectivity index (χ0) is 12.4. The largest absolute Gasteiger partial charge is 0.383 e. The third-order valence-electron chi connectivity index (χ3n) is 2.53. The number of hydrogen-bond donors (Lipinski definition) is 1. The van der Waals surface area contributed by atoms with Crippen molar-refractivity contribution in [3.05, 3.63) is 36.2 Å². The topological polar surface area (TPSA) is 43.8 Å². The van der Waals surface area contributed by atoms with Crippen LogP contribution in [0.15, 0.2) is 24.5 Å². The zero-order valence-corrected chi connectivity index (χ0v) is 9.45. The second kappa shape index (κ2) is 4.53. The number of nitrogen functional groups attached to an aromatic ring is 1. The SMILES string of the molecule is CCCn1cnc(-c2ccc(F)cc2F)c1N. The molecule has 0 atom stereocenters.